The fourth-order valence-corrected chi connectivity index (χ4v) is 2.13. The van der Waals surface area contributed by atoms with Crippen LogP contribution in [0, 0.1) is 0 Å². The van der Waals surface area contributed by atoms with Crippen LogP contribution in [0.15, 0.2) is 42.7 Å². The number of ether oxygens (including phenoxy) is 1. The number of nitrogens with zero attached hydrogens (tertiary/aromatic N) is 2. The number of aromatic nitrogens is 2. The van der Waals surface area contributed by atoms with E-state index in [4.69, 9.17) is 4.74 Å². The standard InChI is InChI=1S/C15H21N3O/c1-13(14-7-3-4-8-15(14)19-2)16-9-5-11-18-12-6-10-17-18/h3-4,6-8,10,12-13,16H,5,9,11H2,1-2H3. The summed E-state index contributed by atoms with van der Waals surface area (Å²) in [7, 11) is 1.71. The molecule has 0 spiro atoms. The maximum absolute atomic E-state index is 5.38. The molecule has 2 aromatic rings. The monoisotopic (exact) mass is 259 g/mol. The summed E-state index contributed by atoms with van der Waals surface area (Å²) in [5.74, 6) is 0.939. The molecule has 0 amide bonds. The topological polar surface area (TPSA) is 39.1 Å². The van der Waals surface area contributed by atoms with Crippen molar-refractivity contribution in [2.45, 2.75) is 25.9 Å². The molecule has 0 saturated carbocycles. The molecule has 0 aliphatic carbocycles. The van der Waals surface area contributed by atoms with Crippen LogP contribution in [-0.4, -0.2) is 23.4 Å². The Labute approximate surface area is 114 Å². The third kappa shape index (κ3) is 3.83. The Balaban J connectivity index is 1.79. The van der Waals surface area contributed by atoms with Gasteiger partial charge in [-0.1, -0.05) is 18.2 Å². The summed E-state index contributed by atoms with van der Waals surface area (Å²) in [6.45, 7) is 4.06. The van der Waals surface area contributed by atoms with Crippen LogP contribution in [0.5, 0.6) is 5.75 Å². The molecule has 4 nitrogen and oxygen atoms in total. The molecule has 19 heavy (non-hydrogen) atoms. The molecule has 4 heteroatoms. The summed E-state index contributed by atoms with van der Waals surface area (Å²) in [4.78, 5) is 0. The van der Waals surface area contributed by atoms with Crippen molar-refractivity contribution in [2.24, 2.45) is 0 Å². The molecule has 0 aliphatic heterocycles. The average molecular weight is 259 g/mol. The molecule has 1 atom stereocenters. The van der Waals surface area contributed by atoms with Crippen LogP contribution >= 0.6 is 0 Å². The van der Waals surface area contributed by atoms with Gasteiger partial charge in [-0.05, 0) is 32.0 Å². The summed E-state index contributed by atoms with van der Waals surface area (Å²) in [5.41, 5.74) is 1.20. The molecule has 1 heterocycles. The van der Waals surface area contributed by atoms with Crippen LogP contribution in [0.1, 0.15) is 24.9 Å². The largest absolute Gasteiger partial charge is 0.496 e. The van der Waals surface area contributed by atoms with Gasteiger partial charge in [-0.15, -0.1) is 0 Å². The molecule has 0 radical (unpaired) electrons. The van der Waals surface area contributed by atoms with E-state index in [2.05, 4.69) is 23.4 Å². The normalized spacial score (nSPS) is 12.3. The van der Waals surface area contributed by atoms with E-state index in [0.29, 0.717) is 0 Å². The number of rotatable bonds is 7. The van der Waals surface area contributed by atoms with Gasteiger partial charge in [-0.3, -0.25) is 4.68 Å². The maximum atomic E-state index is 5.38. The molecule has 0 bridgehead atoms. The predicted molar refractivity (Wildman–Crippen MR) is 76.3 cm³/mol. The van der Waals surface area contributed by atoms with Crippen molar-refractivity contribution in [1.29, 1.82) is 0 Å². The highest BCUT2D eigenvalue weighted by atomic mass is 16.5. The molecular weight excluding hydrogens is 238 g/mol. The number of para-hydroxylation sites is 1. The van der Waals surface area contributed by atoms with Gasteiger partial charge in [-0.25, -0.2) is 0 Å². The first-order valence-electron chi connectivity index (χ1n) is 6.65. The van der Waals surface area contributed by atoms with E-state index in [1.165, 1.54) is 5.56 Å². The number of hydrogen-bond donors (Lipinski definition) is 1. The van der Waals surface area contributed by atoms with Crippen molar-refractivity contribution in [2.75, 3.05) is 13.7 Å². The van der Waals surface area contributed by atoms with Crippen LogP contribution in [-0.2, 0) is 6.54 Å². The number of benzene rings is 1. The van der Waals surface area contributed by atoms with Gasteiger partial charge in [-0.2, -0.15) is 5.10 Å². The minimum absolute atomic E-state index is 0.286. The van der Waals surface area contributed by atoms with E-state index in [0.717, 1.165) is 25.3 Å². The van der Waals surface area contributed by atoms with Gasteiger partial charge in [0.05, 0.1) is 7.11 Å². The van der Waals surface area contributed by atoms with Gasteiger partial charge < -0.3 is 10.1 Å². The number of methoxy groups -OCH3 is 1. The first-order valence-corrected chi connectivity index (χ1v) is 6.65. The fraction of sp³-hybridized carbons (Fsp3) is 0.400. The van der Waals surface area contributed by atoms with E-state index in [1.807, 2.05) is 41.3 Å². The zero-order chi connectivity index (χ0) is 13.5. The lowest BCUT2D eigenvalue weighted by molar-refractivity contribution is 0.400. The average Bonchev–Trinajstić information content (AvgIpc) is 2.96. The highest BCUT2D eigenvalue weighted by Crippen LogP contribution is 2.24. The highest BCUT2D eigenvalue weighted by molar-refractivity contribution is 5.35. The van der Waals surface area contributed by atoms with Crippen LogP contribution in [0.2, 0.25) is 0 Å². The second kappa shape index (κ2) is 6.95. The summed E-state index contributed by atoms with van der Waals surface area (Å²) >= 11 is 0. The Morgan fingerprint density at radius 3 is 2.89 bits per heavy atom. The van der Waals surface area contributed by atoms with Crippen molar-refractivity contribution < 1.29 is 4.74 Å². The zero-order valence-electron chi connectivity index (χ0n) is 11.5. The summed E-state index contributed by atoms with van der Waals surface area (Å²) in [6.07, 6.45) is 4.86. The van der Waals surface area contributed by atoms with Gasteiger partial charge in [0.15, 0.2) is 0 Å². The predicted octanol–water partition coefficient (Wildman–Crippen LogP) is 2.63. The smallest absolute Gasteiger partial charge is 0.123 e. The Hall–Kier alpha value is -1.81. The minimum Gasteiger partial charge on any atom is -0.496 e. The van der Waals surface area contributed by atoms with E-state index >= 15 is 0 Å². The van der Waals surface area contributed by atoms with E-state index in [9.17, 15) is 0 Å². The third-order valence-electron chi connectivity index (χ3n) is 3.18. The first kappa shape index (κ1) is 13.6. The summed E-state index contributed by atoms with van der Waals surface area (Å²) in [5, 5.41) is 7.70. The third-order valence-corrected chi connectivity index (χ3v) is 3.18. The van der Waals surface area contributed by atoms with Crippen molar-refractivity contribution in [3.8, 4) is 5.75 Å². The number of hydrogen-bond acceptors (Lipinski definition) is 3. The van der Waals surface area contributed by atoms with E-state index < -0.39 is 0 Å². The molecule has 102 valence electrons. The quantitative estimate of drug-likeness (QED) is 0.777. The van der Waals surface area contributed by atoms with Crippen molar-refractivity contribution in [3.05, 3.63) is 48.3 Å². The Morgan fingerprint density at radius 1 is 1.32 bits per heavy atom. The van der Waals surface area contributed by atoms with Gasteiger partial charge in [0.25, 0.3) is 0 Å². The van der Waals surface area contributed by atoms with Crippen molar-refractivity contribution in [3.63, 3.8) is 0 Å². The molecule has 0 fully saturated rings. The molecule has 1 unspecified atom stereocenters. The second-order valence-corrected chi connectivity index (χ2v) is 4.54. The van der Waals surface area contributed by atoms with Gasteiger partial charge in [0, 0.05) is 30.5 Å². The lowest BCUT2D eigenvalue weighted by atomic mass is 10.1. The van der Waals surface area contributed by atoms with Gasteiger partial charge in [0.1, 0.15) is 5.75 Å². The maximum Gasteiger partial charge on any atom is 0.123 e. The zero-order valence-corrected chi connectivity index (χ0v) is 11.5. The summed E-state index contributed by atoms with van der Waals surface area (Å²) in [6, 6.07) is 10.4. The fourth-order valence-electron chi connectivity index (χ4n) is 2.13. The van der Waals surface area contributed by atoms with Gasteiger partial charge in [0.2, 0.25) is 0 Å². The molecule has 0 saturated heterocycles. The van der Waals surface area contributed by atoms with Crippen LogP contribution in [0.25, 0.3) is 0 Å². The molecular formula is C15H21N3O. The Bertz CT molecular complexity index is 482. The van der Waals surface area contributed by atoms with E-state index in [-0.39, 0.29) is 6.04 Å². The molecule has 1 aromatic carbocycles. The SMILES string of the molecule is COc1ccccc1C(C)NCCCn1cccn1. The second-order valence-electron chi connectivity index (χ2n) is 4.54. The molecule has 2 rings (SSSR count). The van der Waals surface area contributed by atoms with Crippen molar-refractivity contribution >= 4 is 0 Å². The van der Waals surface area contributed by atoms with Crippen LogP contribution in [0.3, 0.4) is 0 Å². The number of aryl methyl sites for hydroxylation is 1. The van der Waals surface area contributed by atoms with Crippen LogP contribution in [0.4, 0.5) is 0 Å². The van der Waals surface area contributed by atoms with Crippen molar-refractivity contribution in [1.82, 2.24) is 15.1 Å². The highest BCUT2D eigenvalue weighted by Gasteiger charge is 2.09. The van der Waals surface area contributed by atoms with Crippen LogP contribution < -0.4 is 10.1 Å². The molecule has 1 aromatic heterocycles. The van der Waals surface area contributed by atoms with Gasteiger partial charge >= 0.3 is 0 Å². The Kier molecular flexibility index (Phi) is 4.98. The lowest BCUT2D eigenvalue weighted by Crippen LogP contribution is -2.21. The lowest BCUT2D eigenvalue weighted by Gasteiger charge is -2.17. The first-order chi connectivity index (χ1) is 9.31. The van der Waals surface area contributed by atoms with E-state index in [1.54, 1.807) is 7.11 Å². The summed E-state index contributed by atoms with van der Waals surface area (Å²) < 4.78 is 7.33. The molecule has 1 N–H and O–H groups in total. The Morgan fingerprint density at radius 2 is 2.16 bits per heavy atom. The number of nitrogens with one attached hydrogen (secondary N) is 1. The minimum atomic E-state index is 0.286. The molecule has 0 aliphatic rings.